The van der Waals surface area contributed by atoms with Crippen LogP contribution in [0.25, 0.3) is 0 Å². The zero-order chi connectivity index (χ0) is 22.4. The molecule has 0 bridgehead atoms. The summed E-state index contributed by atoms with van der Waals surface area (Å²) in [6, 6.07) is 0. The summed E-state index contributed by atoms with van der Waals surface area (Å²) in [7, 11) is 13.0. The molecule has 31 heavy (non-hydrogen) atoms. The smallest absolute Gasteiger partial charge is 0.101 e. The van der Waals surface area contributed by atoms with E-state index in [9.17, 15) is 0 Å². The summed E-state index contributed by atoms with van der Waals surface area (Å²) in [6.07, 6.45) is 23.4. The highest BCUT2D eigenvalue weighted by atomic mass is 35.5. The molecule has 0 aliphatic carbocycles. The summed E-state index contributed by atoms with van der Waals surface area (Å²) in [4.78, 5) is 0. The maximum absolute atomic E-state index is 8.39. The Labute approximate surface area is 210 Å². The Hall–Kier alpha value is 0.460. The van der Waals surface area contributed by atoms with Gasteiger partial charge in [-0.2, -0.15) is 0 Å². The molecule has 0 heterocycles. The molecule has 0 atom stereocenters. The highest BCUT2D eigenvalue weighted by Gasteiger charge is 2.05. The van der Waals surface area contributed by atoms with Gasteiger partial charge in [-0.25, -0.2) is 0 Å². The quantitative estimate of drug-likeness (QED) is 0.210. The van der Waals surface area contributed by atoms with E-state index < -0.39 is 0 Å². The molecule has 0 fully saturated rings. The minimum Gasteiger partial charge on any atom is -1.00 e. The monoisotopic (exact) mass is 486 g/mol. The largest absolute Gasteiger partial charge is 1.00 e. The predicted molar refractivity (Wildman–Crippen MR) is 132 cm³/mol. The molecule has 0 aromatic rings. The van der Waals surface area contributed by atoms with Crippen molar-refractivity contribution in [2.24, 2.45) is 0 Å². The van der Waals surface area contributed by atoms with Gasteiger partial charge in [0.2, 0.25) is 0 Å². The van der Waals surface area contributed by atoms with Gasteiger partial charge in [0, 0.05) is 0 Å². The first kappa shape index (κ1) is 38.7. The Morgan fingerprint density at radius 3 is 0.871 bits per heavy atom. The Kier molecular flexibility index (Phi) is 33.4. The summed E-state index contributed by atoms with van der Waals surface area (Å²) >= 11 is 0. The molecule has 0 aromatic heterocycles. The van der Waals surface area contributed by atoms with Crippen LogP contribution in [0.15, 0.2) is 0 Å². The van der Waals surface area contributed by atoms with Crippen LogP contribution in [-0.2, 0) is 0 Å². The summed E-state index contributed by atoms with van der Waals surface area (Å²) in [5, 5.41) is 8.39. The van der Waals surface area contributed by atoms with Crippen molar-refractivity contribution in [1.82, 2.24) is 0 Å². The highest BCUT2D eigenvalue weighted by molar-refractivity contribution is 4.49. The number of quaternary nitrogens is 2. The van der Waals surface area contributed by atoms with Crippen molar-refractivity contribution in [1.29, 1.82) is 0 Å². The summed E-state index contributed by atoms with van der Waals surface area (Å²) in [5.41, 5.74) is 0. The fraction of sp³-hybridized carbons (Fsp3) is 1.00. The number of nitrogens with zero attached hydrogens (tertiary/aromatic N) is 2. The molecule has 194 valence electrons. The zero-order valence-corrected chi connectivity index (χ0v) is 24.0. The van der Waals surface area contributed by atoms with E-state index in [0.717, 1.165) is 15.5 Å². The number of likely N-dealkylation sites (N-methyl/N-ethyl adjacent to an activating group) is 1. The van der Waals surface area contributed by atoms with E-state index in [-0.39, 0.29) is 31.4 Å². The van der Waals surface area contributed by atoms with Crippen LogP contribution in [0.4, 0.5) is 0 Å². The Bertz CT molecular complexity index is 316. The van der Waals surface area contributed by atoms with Crippen molar-refractivity contribution in [2.75, 3.05) is 62.0 Å². The maximum atomic E-state index is 8.39. The van der Waals surface area contributed by atoms with Crippen LogP contribution in [0, 0.1) is 0 Å². The summed E-state index contributed by atoms with van der Waals surface area (Å²) in [5.74, 6) is 0. The van der Waals surface area contributed by atoms with Gasteiger partial charge in [0.25, 0.3) is 0 Å². The first-order valence-corrected chi connectivity index (χ1v) is 12.8. The summed E-state index contributed by atoms with van der Waals surface area (Å²) < 4.78 is 1.97. The van der Waals surface area contributed by atoms with Gasteiger partial charge in [-0.05, 0) is 12.8 Å². The Morgan fingerprint density at radius 1 is 0.419 bits per heavy atom. The lowest BCUT2D eigenvalue weighted by Gasteiger charge is -2.23. The molecule has 1 N–H and O–H groups in total. The van der Waals surface area contributed by atoms with Crippen LogP contribution < -0.4 is 24.8 Å². The van der Waals surface area contributed by atoms with E-state index in [1.54, 1.807) is 0 Å². The van der Waals surface area contributed by atoms with E-state index in [2.05, 4.69) is 49.2 Å². The van der Waals surface area contributed by atoms with Crippen molar-refractivity contribution in [2.45, 2.75) is 110 Å². The van der Waals surface area contributed by atoms with E-state index >= 15 is 0 Å². The molecular weight excluding hydrogens is 427 g/mol. The standard InChI is InChI=1S/C21H46N.C5H14NO.2ClH/c1-5-6-7-8-9-10-11-12-13-14-15-16-17-18-19-20-21-22(2,3)4;1-6(2,3)4-5-7;;/h5-21H2,1-4H3;7H,4-5H2,1-3H3;2*1H/q2*+1;;/p-2. The van der Waals surface area contributed by atoms with Crippen LogP contribution in [0.1, 0.15) is 110 Å². The number of aliphatic hydroxyl groups excluding tert-OH is 1. The van der Waals surface area contributed by atoms with Gasteiger partial charge in [-0.1, -0.05) is 96.8 Å². The van der Waals surface area contributed by atoms with E-state index in [4.69, 9.17) is 5.11 Å². The van der Waals surface area contributed by atoms with Crippen LogP contribution in [0.2, 0.25) is 0 Å². The minimum atomic E-state index is 0. The number of rotatable bonds is 19. The SMILES string of the molecule is CCCCCCCCCCCCCCCCCC[N+](C)(C)C.C[N+](C)(C)CCO.[Cl-].[Cl-]. The van der Waals surface area contributed by atoms with E-state index in [0.29, 0.717) is 0 Å². The van der Waals surface area contributed by atoms with Crippen molar-refractivity contribution >= 4 is 0 Å². The number of halogens is 2. The van der Waals surface area contributed by atoms with Gasteiger partial charge in [0.05, 0.1) is 55.4 Å². The first-order valence-electron chi connectivity index (χ1n) is 12.8. The molecule has 0 amide bonds. The zero-order valence-electron chi connectivity index (χ0n) is 22.5. The first-order chi connectivity index (χ1) is 13.6. The number of hydrogen-bond donors (Lipinski definition) is 1. The van der Waals surface area contributed by atoms with Gasteiger partial charge in [0.15, 0.2) is 0 Å². The third-order valence-electron chi connectivity index (χ3n) is 5.45. The van der Waals surface area contributed by atoms with Gasteiger partial charge in [0.1, 0.15) is 6.54 Å². The molecule has 0 aliphatic heterocycles. The average molecular weight is 488 g/mol. The van der Waals surface area contributed by atoms with Crippen LogP contribution in [-0.4, -0.2) is 76.1 Å². The predicted octanol–water partition coefficient (Wildman–Crippen LogP) is 0.647. The molecule has 0 unspecified atom stereocenters. The van der Waals surface area contributed by atoms with Crippen molar-refractivity contribution in [3.05, 3.63) is 0 Å². The van der Waals surface area contributed by atoms with Crippen molar-refractivity contribution < 1.29 is 38.9 Å². The molecular formula is C26H60Cl2N2O. The second-order valence-electron chi connectivity index (χ2n) is 11.1. The molecule has 0 aliphatic rings. The molecule has 3 nitrogen and oxygen atoms in total. The Balaban J connectivity index is -0.000000349. The van der Waals surface area contributed by atoms with Crippen molar-refractivity contribution in [3.63, 3.8) is 0 Å². The minimum absolute atomic E-state index is 0. The van der Waals surface area contributed by atoms with E-state index in [1.807, 2.05) is 0 Å². The second kappa shape index (κ2) is 26.7. The number of aliphatic hydroxyl groups is 1. The molecule has 0 saturated carbocycles. The lowest BCUT2D eigenvalue weighted by Crippen LogP contribution is -3.00. The molecule has 5 heteroatoms. The number of unbranched alkanes of at least 4 members (excludes halogenated alkanes) is 15. The fourth-order valence-electron chi connectivity index (χ4n) is 3.43. The lowest BCUT2D eigenvalue weighted by atomic mass is 10.0. The van der Waals surface area contributed by atoms with Crippen LogP contribution in [0.5, 0.6) is 0 Å². The van der Waals surface area contributed by atoms with Gasteiger partial charge in [-0.3, -0.25) is 0 Å². The molecule has 0 radical (unpaired) electrons. The third kappa shape index (κ3) is 44.8. The third-order valence-corrected chi connectivity index (χ3v) is 5.45. The van der Waals surface area contributed by atoms with Crippen LogP contribution in [0.3, 0.4) is 0 Å². The van der Waals surface area contributed by atoms with Gasteiger partial charge >= 0.3 is 0 Å². The molecule has 0 aromatic carbocycles. The molecule has 0 rings (SSSR count). The summed E-state index contributed by atoms with van der Waals surface area (Å²) in [6.45, 7) is 4.74. The second-order valence-corrected chi connectivity index (χ2v) is 11.1. The average Bonchev–Trinajstić information content (AvgIpc) is 2.60. The molecule has 0 saturated heterocycles. The number of hydrogen-bond acceptors (Lipinski definition) is 1. The van der Waals surface area contributed by atoms with Gasteiger partial charge < -0.3 is 38.9 Å². The fourth-order valence-corrected chi connectivity index (χ4v) is 3.43. The normalized spacial score (nSPS) is 11.2. The maximum Gasteiger partial charge on any atom is 0.101 e. The van der Waals surface area contributed by atoms with Crippen LogP contribution >= 0.6 is 0 Å². The van der Waals surface area contributed by atoms with E-state index in [1.165, 1.54) is 109 Å². The van der Waals surface area contributed by atoms with Gasteiger partial charge in [-0.15, -0.1) is 0 Å². The van der Waals surface area contributed by atoms with Crippen molar-refractivity contribution in [3.8, 4) is 0 Å². The molecule has 0 spiro atoms. The highest BCUT2D eigenvalue weighted by Crippen LogP contribution is 2.13. The Morgan fingerprint density at radius 2 is 0.677 bits per heavy atom. The lowest BCUT2D eigenvalue weighted by molar-refractivity contribution is -0.870. The topological polar surface area (TPSA) is 20.2 Å².